The van der Waals surface area contributed by atoms with Gasteiger partial charge in [-0.1, -0.05) is 43.7 Å². The smallest absolute Gasteiger partial charge is 0.203 e. The van der Waals surface area contributed by atoms with Gasteiger partial charge >= 0.3 is 0 Å². The molecule has 0 spiro atoms. The van der Waals surface area contributed by atoms with Gasteiger partial charge in [-0.25, -0.2) is 4.98 Å². The molecule has 0 aliphatic heterocycles. The standard InChI is InChI=1S/C17H25N3/c1-3-4-13-20-14-15(2)19-17(20)18-12-8-11-16-9-6-5-7-10-16/h5-7,9-10,14H,3-4,8,11-13H2,1-2H3,(H,18,19). The summed E-state index contributed by atoms with van der Waals surface area (Å²) in [6, 6.07) is 10.6. The van der Waals surface area contributed by atoms with Crippen LogP contribution in [0.25, 0.3) is 0 Å². The van der Waals surface area contributed by atoms with E-state index >= 15 is 0 Å². The summed E-state index contributed by atoms with van der Waals surface area (Å²) in [4.78, 5) is 4.56. The maximum absolute atomic E-state index is 4.56. The molecule has 2 aromatic rings. The highest BCUT2D eigenvalue weighted by molar-refractivity contribution is 5.28. The summed E-state index contributed by atoms with van der Waals surface area (Å²) in [5.74, 6) is 1.02. The zero-order valence-corrected chi connectivity index (χ0v) is 12.6. The minimum Gasteiger partial charge on any atom is -0.356 e. The number of hydrogen-bond donors (Lipinski definition) is 1. The Labute approximate surface area is 122 Å². The summed E-state index contributed by atoms with van der Waals surface area (Å²) >= 11 is 0. The molecule has 1 heterocycles. The van der Waals surface area contributed by atoms with Crippen molar-refractivity contribution in [2.24, 2.45) is 0 Å². The number of imidazole rings is 1. The van der Waals surface area contributed by atoms with Gasteiger partial charge in [0, 0.05) is 19.3 Å². The Balaban J connectivity index is 1.78. The van der Waals surface area contributed by atoms with Crippen molar-refractivity contribution < 1.29 is 0 Å². The van der Waals surface area contributed by atoms with E-state index in [2.05, 4.69) is 65.2 Å². The van der Waals surface area contributed by atoms with Crippen LogP contribution in [-0.4, -0.2) is 16.1 Å². The van der Waals surface area contributed by atoms with Crippen molar-refractivity contribution in [3.05, 3.63) is 47.8 Å². The lowest BCUT2D eigenvalue weighted by molar-refractivity contribution is 0.633. The third kappa shape index (κ3) is 4.41. The number of anilines is 1. The predicted octanol–water partition coefficient (Wildman–Crippen LogP) is 4.04. The fraction of sp³-hybridized carbons (Fsp3) is 0.471. The fourth-order valence-electron chi connectivity index (χ4n) is 2.32. The van der Waals surface area contributed by atoms with Crippen LogP contribution in [0.15, 0.2) is 36.5 Å². The van der Waals surface area contributed by atoms with E-state index in [4.69, 9.17) is 0 Å². The second kappa shape index (κ2) is 7.73. The first-order chi connectivity index (χ1) is 9.79. The number of hydrogen-bond acceptors (Lipinski definition) is 2. The van der Waals surface area contributed by atoms with Crippen LogP contribution in [0.1, 0.15) is 37.4 Å². The van der Waals surface area contributed by atoms with E-state index in [9.17, 15) is 0 Å². The van der Waals surface area contributed by atoms with Gasteiger partial charge in [0.25, 0.3) is 0 Å². The van der Waals surface area contributed by atoms with Crippen molar-refractivity contribution in [1.82, 2.24) is 9.55 Å². The summed E-state index contributed by atoms with van der Waals surface area (Å²) in [5.41, 5.74) is 2.49. The van der Waals surface area contributed by atoms with Crippen molar-refractivity contribution >= 4 is 5.95 Å². The largest absolute Gasteiger partial charge is 0.356 e. The lowest BCUT2D eigenvalue weighted by Crippen LogP contribution is -2.09. The van der Waals surface area contributed by atoms with E-state index in [1.165, 1.54) is 18.4 Å². The van der Waals surface area contributed by atoms with Gasteiger partial charge in [-0.05, 0) is 31.7 Å². The number of nitrogens with one attached hydrogen (secondary N) is 1. The Kier molecular flexibility index (Phi) is 5.66. The number of nitrogens with zero attached hydrogens (tertiary/aromatic N) is 2. The molecule has 0 atom stereocenters. The number of rotatable bonds is 8. The molecule has 0 bridgehead atoms. The van der Waals surface area contributed by atoms with Crippen LogP contribution in [0.5, 0.6) is 0 Å². The first-order valence-electron chi connectivity index (χ1n) is 7.61. The first-order valence-corrected chi connectivity index (χ1v) is 7.61. The molecule has 0 aliphatic carbocycles. The number of aryl methyl sites for hydroxylation is 3. The van der Waals surface area contributed by atoms with Crippen molar-refractivity contribution in [2.75, 3.05) is 11.9 Å². The topological polar surface area (TPSA) is 29.9 Å². The van der Waals surface area contributed by atoms with Gasteiger partial charge in [-0.2, -0.15) is 0 Å². The van der Waals surface area contributed by atoms with E-state index in [0.717, 1.165) is 37.6 Å². The van der Waals surface area contributed by atoms with E-state index in [1.54, 1.807) is 0 Å². The normalized spacial score (nSPS) is 10.7. The van der Waals surface area contributed by atoms with E-state index in [-0.39, 0.29) is 0 Å². The molecule has 0 aliphatic rings. The van der Waals surface area contributed by atoms with E-state index < -0.39 is 0 Å². The predicted molar refractivity (Wildman–Crippen MR) is 85.1 cm³/mol. The molecule has 1 aromatic heterocycles. The lowest BCUT2D eigenvalue weighted by Gasteiger charge is -2.09. The fourth-order valence-corrected chi connectivity index (χ4v) is 2.32. The van der Waals surface area contributed by atoms with Crippen LogP contribution < -0.4 is 5.32 Å². The number of benzene rings is 1. The van der Waals surface area contributed by atoms with Crippen LogP contribution in [0.2, 0.25) is 0 Å². The molecule has 2 rings (SSSR count). The first kappa shape index (κ1) is 14.6. The molecule has 0 unspecified atom stereocenters. The summed E-state index contributed by atoms with van der Waals surface area (Å²) < 4.78 is 2.24. The molecular formula is C17H25N3. The SMILES string of the molecule is CCCCn1cc(C)nc1NCCCc1ccccc1. The van der Waals surface area contributed by atoms with Gasteiger partial charge < -0.3 is 9.88 Å². The molecule has 0 saturated heterocycles. The van der Waals surface area contributed by atoms with Gasteiger partial charge in [0.15, 0.2) is 0 Å². The zero-order chi connectivity index (χ0) is 14.2. The summed E-state index contributed by atoms with van der Waals surface area (Å²) in [5, 5.41) is 3.47. The van der Waals surface area contributed by atoms with Crippen molar-refractivity contribution in [3.8, 4) is 0 Å². The Hall–Kier alpha value is -1.77. The van der Waals surface area contributed by atoms with Gasteiger partial charge in [-0.15, -0.1) is 0 Å². The van der Waals surface area contributed by atoms with Crippen LogP contribution in [0, 0.1) is 6.92 Å². The number of unbranched alkanes of at least 4 members (excludes halogenated alkanes) is 1. The molecule has 3 heteroatoms. The average molecular weight is 271 g/mol. The van der Waals surface area contributed by atoms with Crippen molar-refractivity contribution in [2.45, 2.75) is 46.1 Å². The Bertz CT molecular complexity index is 502. The molecule has 0 radical (unpaired) electrons. The monoisotopic (exact) mass is 271 g/mol. The molecule has 1 N–H and O–H groups in total. The van der Waals surface area contributed by atoms with Crippen molar-refractivity contribution in [1.29, 1.82) is 0 Å². The highest BCUT2D eigenvalue weighted by Gasteiger charge is 2.04. The van der Waals surface area contributed by atoms with Gasteiger partial charge in [-0.3, -0.25) is 0 Å². The van der Waals surface area contributed by atoms with Crippen LogP contribution in [-0.2, 0) is 13.0 Å². The summed E-state index contributed by atoms with van der Waals surface area (Å²) in [6.07, 6.45) is 6.79. The molecular weight excluding hydrogens is 246 g/mol. The van der Waals surface area contributed by atoms with E-state index in [1.807, 2.05) is 0 Å². The molecule has 0 saturated carbocycles. The Morgan fingerprint density at radius 1 is 1.15 bits per heavy atom. The maximum atomic E-state index is 4.56. The third-order valence-electron chi connectivity index (χ3n) is 3.42. The third-order valence-corrected chi connectivity index (χ3v) is 3.42. The second-order valence-electron chi connectivity index (χ2n) is 5.27. The van der Waals surface area contributed by atoms with Gasteiger partial charge in [0.2, 0.25) is 5.95 Å². The van der Waals surface area contributed by atoms with Crippen LogP contribution >= 0.6 is 0 Å². The number of aromatic nitrogens is 2. The molecule has 108 valence electrons. The zero-order valence-electron chi connectivity index (χ0n) is 12.6. The summed E-state index contributed by atoms with van der Waals surface area (Å²) in [7, 11) is 0. The average Bonchev–Trinajstić information content (AvgIpc) is 2.82. The minimum atomic E-state index is 0.970. The molecule has 20 heavy (non-hydrogen) atoms. The lowest BCUT2D eigenvalue weighted by atomic mass is 10.1. The van der Waals surface area contributed by atoms with Crippen LogP contribution in [0.4, 0.5) is 5.95 Å². The van der Waals surface area contributed by atoms with Crippen molar-refractivity contribution in [3.63, 3.8) is 0 Å². The molecule has 0 fully saturated rings. The van der Waals surface area contributed by atoms with E-state index in [0.29, 0.717) is 0 Å². The highest BCUT2D eigenvalue weighted by Crippen LogP contribution is 2.10. The Morgan fingerprint density at radius 3 is 2.70 bits per heavy atom. The van der Waals surface area contributed by atoms with Crippen LogP contribution in [0.3, 0.4) is 0 Å². The maximum Gasteiger partial charge on any atom is 0.203 e. The molecule has 1 aromatic carbocycles. The van der Waals surface area contributed by atoms with Gasteiger partial charge in [0.1, 0.15) is 0 Å². The highest BCUT2D eigenvalue weighted by atomic mass is 15.2. The second-order valence-corrected chi connectivity index (χ2v) is 5.27. The molecule has 0 amide bonds. The summed E-state index contributed by atoms with van der Waals surface area (Å²) in [6.45, 7) is 6.30. The van der Waals surface area contributed by atoms with Gasteiger partial charge in [0.05, 0.1) is 5.69 Å². The minimum absolute atomic E-state index is 0.970. The quantitative estimate of drug-likeness (QED) is 0.734. The Morgan fingerprint density at radius 2 is 1.95 bits per heavy atom. The molecule has 3 nitrogen and oxygen atoms in total.